The maximum Gasteiger partial charge on any atom is 0.312 e. The quantitative estimate of drug-likeness (QED) is 0.908. The molecule has 0 spiro atoms. The highest BCUT2D eigenvalue weighted by Gasteiger charge is 2.35. The van der Waals surface area contributed by atoms with E-state index in [1.54, 1.807) is 4.90 Å². The molecule has 1 N–H and O–H groups in total. The first kappa shape index (κ1) is 16.5. The highest BCUT2D eigenvalue weighted by atomic mass is 16.4. The van der Waals surface area contributed by atoms with Gasteiger partial charge in [-0.05, 0) is 23.5 Å². The van der Waals surface area contributed by atoms with E-state index < -0.39 is 11.9 Å². The van der Waals surface area contributed by atoms with Gasteiger partial charge in [0, 0.05) is 19.0 Å². The minimum Gasteiger partial charge on any atom is -0.481 e. The molecule has 1 heterocycles. The lowest BCUT2D eigenvalue weighted by molar-refractivity contribution is -0.143. The number of carboxylic acid groups (broad SMARTS) is 1. The molecular formula is C18H25NO3. The van der Waals surface area contributed by atoms with Crippen LogP contribution in [0.4, 0.5) is 0 Å². The van der Waals surface area contributed by atoms with Crippen LogP contribution in [-0.4, -0.2) is 28.4 Å². The second kappa shape index (κ2) is 6.95. The first-order valence-electron chi connectivity index (χ1n) is 8.05. The molecule has 0 fully saturated rings. The van der Waals surface area contributed by atoms with Gasteiger partial charge in [0.25, 0.3) is 0 Å². The molecule has 0 saturated carbocycles. The molecule has 2 unspecified atom stereocenters. The van der Waals surface area contributed by atoms with E-state index in [0.717, 1.165) is 24.0 Å². The molecule has 0 saturated heterocycles. The third-order valence-corrected chi connectivity index (χ3v) is 4.53. The Kier molecular flexibility index (Phi) is 5.22. The molecule has 120 valence electrons. The van der Waals surface area contributed by atoms with Gasteiger partial charge < -0.3 is 10.0 Å². The van der Waals surface area contributed by atoms with E-state index in [-0.39, 0.29) is 24.3 Å². The summed E-state index contributed by atoms with van der Waals surface area (Å²) < 4.78 is 0. The molecule has 0 radical (unpaired) electrons. The molecule has 1 aromatic carbocycles. The summed E-state index contributed by atoms with van der Waals surface area (Å²) in [6.45, 7) is 6.99. The summed E-state index contributed by atoms with van der Waals surface area (Å²) in [6, 6.07) is 7.55. The number of carbonyl (C=O) groups excluding carboxylic acids is 1. The van der Waals surface area contributed by atoms with Crippen molar-refractivity contribution in [1.29, 1.82) is 0 Å². The summed E-state index contributed by atoms with van der Waals surface area (Å²) in [4.78, 5) is 26.2. The Labute approximate surface area is 132 Å². The van der Waals surface area contributed by atoms with Crippen LogP contribution in [0.2, 0.25) is 0 Å². The third-order valence-electron chi connectivity index (χ3n) is 4.53. The van der Waals surface area contributed by atoms with Crippen LogP contribution in [0.15, 0.2) is 24.3 Å². The SMILES string of the molecule is CCCC(C(=O)N1Cc2ccccc2C(C(=O)O)C1)C(C)C. The van der Waals surface area contributed by atoms with Crippen molar-refractivity contribution < 1.29 is 14.7 Å². The molecule has 1 aromatic rings. The number of amides is 1. The van der Waals surface area contributed by atoms with Crippen molar-refractivity contribution in [2.45, 2.75) is 46.1 Å². The van der Waals surface area contributed by atoms with Crippen molar-refractivity contribution in [1.82, 2.24) is 4.90 Å². The summed E-state index contributed by atoms with van der Waals surface area (Å²) in [5.74, 6) is -1.14. The van der Waals surface area contributed by atoms with Gasteiger partial charge in [-0.1, -0.05) is 51.5 Å². The fourth-order valence-corrected chi connectivity index (χ4v) is 3.27. The molecule has 4 nitrogen and oxygen atoms in total. The Bertz CT molecular complexity index is 553. The summed E-state index contributed by atoms with van der Waals surface area (Å²) in [7, 11) is 0. The molecule has 22 heavy (non-hydrogen) atoms. The number of carboxylic acids is 1. The lowest BCUT2D eigenvalue weighted by atomic mass is 9.86. The van der Waals surface area contributed by atoms with Crippen LogP contribution in [0.5, 0.6) is 0 Å². The van der Waals surface area contributed by atoms with Gasteiger partial charge in [0.05, 0.1) is 5.92 Å². The van der Waals surface area contributed by atoms with Crippen LogP contribution in [-0.2, 0) is 16.1 Å². The summed E-state index contributed by atoms with van der Waals surface area (Å²) in [5, 5.41) is 9.50. The Morgan fingerprint density at radius 2 is 2.00 bits per heavy atom. The van der Waals surface area contributed by atoms with Gasteiger partial charge >= 0.3 is 5.97 Å². The van der Waals surface area contributed by atoms with Gasteiger partial charge in [0.1, 0.15) is 0 Å². The van der Waals surface area contributed by atoms with Gasteiger partial charge in [-0.25, -0.2) is 0 Å². The second-order valence-electron chi connectivity index (χ2n) is 6.45. The highest BCUT2D eigenvalue weighted by Crippen LogP contribution is 2.31. The number of aliphatic carboxylic acids is 1. The first-order chi connectivity index (χ1) is 10.5. The Balaban J connectivity index is 2.27. The molecule has 1 aliphatic rings. The molecule has 0 bridgehead atoms. The lowest BCUT2D eigenvalue weighted by Crippen LogP contribution is -2.44. The lowest BCUT2D eigenvalue weighted by Gasteiger charge is -2.36. The van der Waals surface area contributed by atoms with Gasteiger partial charge in [-0.2, -0.15) is 0 Å². The summed E-state index contributed by atoms with van der Waals surface area (Å²) in [6.07, 6.45) is 1.81. The van der Waals surface area contributed by atoms with E-state index >= 15 is 0 Å². The van der Waals surface area contributed by atoms with Crippen LogP contribution < -0.4 is 0 Å². The predicted molar refractivity (Wildman–Crippen MR) is 85.5 cm³/mol. The average Bonchev–Trinajstić information content (AvgIpc) is 2.50. The molecule has 2 atom stereocenters. The summed E-state index contributed by atoms with van der Waals surface area (Å²) in [5.41, 5.74) is 1.80. The smallest absolute Gasteiger partial charge is 0.312 e. The van der Waals surface area contributed by atoms with Gasteiger partial charge in [-0.15, -0.1) is 0 Å². The van der Waals surface area contributed by atoms with E-state index in [0.29, 0.717) is 6.54 Å². The van der Waals surface area contributed by atoms with Crippen molar-refractivity contribution in [3.05, 3.63) is 35.4 Å². The maximum atomic E-state index is 12.8. The van der Waals surface area contributed by atoms with Crippen molar-refractivity contribution in [3.63, 3.8) is 0 Å². The van der Waals surface area contributed by atoms with Crippen LogP contribution >= 0.6 is 0 Å². The van der Waals surface area contributed by atoms with E-state index in [9.17, 15) is 14.7 Å². The van der Waals surface area contributed by atoms with Gasteiger partial charge in [0.2, 0.25) is 5.91 Å². The topological polar surface area (TPSA) is 57.6 Å². The first-order valence-corrected chi connectivity index (χ1v) is 8.05. The van der Waals surface area contributed by atoms with Crippen LogP contribution in [0.25, 0.3) is 0 Å². The third kappa shape index (κ3) is 3.32. The zero-order valence-electron chi connectivity index (χ0n) is 13.6. The Morgan fingerprint density at radius 1 is 1.32 bits per heavy atom. The number of hydrogen-bond donors (Lipinski definition) is 1. The standard InChI is InChI=1S/C18H25NO3/c1-4-7-14(12(2)3)17(20)19-10-13-8-5-6-9-15(13)16(11-19)18(21)22/h5-6,8-9,12,14,16H,4,7,10-11H2,1-3H3,(H,21,22). The number of fused-ring (bicyclic) bond motifs is 1. The largest absolute Gasteiger partial charge is 0.481 e. The van der Waals surface area contributed by atoms with Gasteiger partial charge in [0.15, 0.2) is 0 Å². The monoisotopic (exact) mass is 303 g/mol. The van der Waals surface area contributed by atoms with Gasteiger partial charge in [-0.3, -0.25) is 9.59 Å². The number of carbonyl (C=O) groups is 2. The number of benzene rings is 1. The Morgan fingerprint density at radius 3 is 2.59 bits per heavy atom. The van der Waals surface area contributed by atoms with E-state index in [2.05, 4.69) is 20.8 Å². The molecular weight excluding hydrogens is 278 g/mol. The molecule has 4 heteroatoms. The minimum absolute atomic E-state index is 0.0234. The molecule has 1 aliphatic heterocycles. The predicted octanol–water partition coefficient (Wildman–Crippen LogP) is 3.27. The van der Waals surface area contributed by atoms with Crippen LogP contribution in [0.1, 0.15) is 50.7 Å². The van der Waals surface area contributed by atoms with Crippen LogP contribution in [0.3, 0.4) is 0 Å². The zero-order valence-corrected chi connectivity index (χ0v) is 13.6. The number of nitrogens with zero attached hydrogens (tertiary/aromatic N) is 1. The van der Waals surface area contributed by atoms with Crippen molar-refractivity contribution in [3.8, 4) is 0 Å². The van der Waals surface area contributed by atoms with E-state index in [1.807, 2.05) is 24.3 Å². The second-order valence-corrected chi connectivity index (χ2v) is 6.45. The normalized spacial score (nSPS) is 18.9. The van der Waals surface area contributed by atoms with Crippen LogP contribution in [0, 0.1) is 11.8 Å². The van der Waals surface area contributed by atoms with E-state index in [1.165, 1.54) is 0 Å². The summed E-state index contributed by atoms with van der Waals surface area (Å²) >= 11 is 0. The highest BCUT2D eigenvalue weighted by molar-refractivity contribution is 5.83. The number of hydrogen-bond acceptors (Lipinski definition) is 2. The fourth-order valence-electron chi connectivity index (χ4n) is 3.27. The van der Waals surface area contributed by atoms with E-state index in [4.69, 9.17) is 0 Å². The fraction of sp³-hybridized carbons (Fsp3) is 0.556. The molecule has 0 aromatic heterocycles. The van der Waals surface area contributed by atoms with Crippen molar-refractivity contribution >= 4 is 11.9 Å². The number of rotatable bonds is 5. The molecule has 0 aliphatic carbocycles. The minimum atomic E-state index is -0.860. The zero-order chi connectivity index (χ0) is 16.3. The van der Waals surface area contributed by atoms with Crippen molar-refractivity contribution in [2.75, 3.05) is 6.54 Å². The molecule has 2 rings (SSSR count). The average molecular weight is 303 g/mol. The van der Waals surface area contributed by atoms with Crippen molar-refractivity contribution in [2.24, 2.45) is 11.8 Å². The molecule has 1 amide bonds. The Hall–Kier alpha value is -1.84. The maximum absolute atomic E-state index is 12.8.